The Bertz CT molecular complexity index is 680. The van der Waals surface area contributed by atoms with Gasteiger partial charge in [0.15, 0.2) is 0 Å². The molecule has 176 valence electrons. The SMILES string of the molecule is CC(=O)OC=C(C)CCC[C@@H](C)[C@H]1CC[C@H]2[C@@H]3CCC4CCCC[C@]4(C)[C@H]3CC[C@]12C. The van der Waals surface area contributed by atoms with Gasteiger partial charge in [-0.25, -0.2) is 0 Å². The van der Waals surface area contributed by atoms with Crippen molar-refractivity contribution in [3.63, 3.8) is 0 Å². The summed E-state index contributed by atoms with van der Waals surface area (Å²) in [6.07, 6.45) is 20.3. The van der Waals surface area contributed by atoms with E-state index in [1.807, 2.05) is 0 Å². The Kier molecular flexibility index (Phi) is 6.95. The zero-order valence-corrected chi connectivity index (χ0v) is 21.1. The molecule has 2 nitrogen and oxygen atoms in total. The molecule has 8 atom stereocenters. The van der Waals surface area contributed by atoms with E-state index in [-0.39, 0.29) is 5.97 Å². The third-order valence-electron chi connectivity index (χ3n) is 11.0. The summed E-state index contributed by atoms with van der Waals surface area (Å²) in [5.41, 5.74) is 2.44. The smallest absolute Gasteiger partial charge is 0.307 e. The van der Waals surface area contributed by atoms with Crippen molar-refractivity contribution < 1.29 is 9.53 Å². The van der Waals surface area contributed by atoms with Gasteiger partial charge in [-0.05, 0) is 123 Å². The summed E-state index contributed by atoms with van der Waals surface area (Å²) in [6, 6.07) is 0. The predicted octanol–water partition coefficient (Wildman–Crippen LogP) is 8.31. The maximum Gasteiger partial charge on any atom is 0.307 e. The molecule has 0 aromatic rings. The van der Waals surface area contributed by atoms with Crippen molar-refractivity contribution in [2.45, 2.75) is 118 Å². The number of rotatable bonds is 6. The highest BCUT2D eigenvalue weighted by Crippen LogP contribution is 2.68. The first-order valence-electron chi connectivity index (χ1n) is 13.6. The fraction of sp³-hybridized carbons (Fsp3) is 0.897. The van der Waals surface area contributed by atoms with Crippen LogP contribution in [0.2, 0.25) is 0 Å². The average Bonchev–Trinajstić information content (AvgIpc) is 3.09. The molecule has 4 aliphatic rings. The molecule has 4 rings (SSSR count). The zero-order valence-electron chi connectivity index (χ0n) is 21.1. The fourth-order valence-corrected chi connectivity index (χ4v) is 9.42. The van der Waals surface area contributed by atoms with E-state index >= 15 is 0 Å². The maximum absolute atomic E-state index is 11.0. The highest BCUT2D eigenvalue weighted by molar-refractivity contribution is 5.66. The van der Waals surface area contributed by atoms with Gasteiger partial charge < -0.3 is 4.74 Å². The first-order chi connectivity index (χ1) is 14.8. The molecule has 0 heterocycles. The van der Waals surface area contributed by atoms with Gasteiger partial charge >= 0.3 is 5.97 Å². The molecule has 0 aliphatic heterocycles. The van der Waals surface area contributed by atoms with Crippen LogP contribution < -0.4 is 0 Å². The van der Waals surface area contributed by atoms with Crippen molar-refractivity contribution in [3.8, 4) is 0 Å². The lowest BCUT2D eigenvalue weighted by Crippen LogP contribution is -2.53. The molecule has 0 radical (unpaired) electrons. The van der Waals surface area contributed by atoms with Crippen LogP contribution in [-0.2, 0) is 9.53 Å². The van der Waals surface area contributed by atoms with Crippen LogP contribution in [0.3, 0.4) is 0 Å². The van der Waals surface area contributed by atoms with E-state index in [0.29, 0.717) is 10.8 Å². The minimum Gasteiger partial charge on any atom is -0.435 e. The minimum atomic E-state index is -0.218. The normalized spacial score (nSPS) is 43.5. The molecule has 0 bridgehead atoms. The standard InChI is InChI=1S/C29H48O2/c1-20(19-31-22(3)30)9-8-10-21(2)25-14-15-26-24-13-12-23-11-6-7-17-28(23,4)27(24)16-18-29(25,26)5/h19,21,23-27H,6-18H2,1-5H3/t21-,23?,24+,25-,26+,27+,28+,29-/m1/s1. The number of ether oxygens (including phenoxy) is 1. The van der Waals surface area contributed by atoms with Crippen molar-refractivity contribution in [2.75, 3.05) is 0 Å². The Hall–Kier alpha value is -0.790. The summed E-state index contributed by atoms with van der Waals surface area (Å²) in [6.45, 7) is 11.5. The van der Waals surface area contributed by atoms with Gasteiger partial charge in [-0.15, -0.1) is 0 Å². The molecule has 0 saturated heterocycles. The molecule has 4 fully saturated rings. The quantitative estimate of drug-likeness (QED) is 0.314. The summed E-state index contributed by atoms with van der Waals surface area (Å²) in [5, 5.41) is 0. The Labute approximate surface area is 192 Å². The van der Waals surface area contributed by atoms with Gasteiger partial charge in [0.05, 0.1) is 6.26 Å². The number of carbonyl (C=O) groups is 1. The highest BCUT2D eigenvalue weighted by Gasteiger charge is 2.59. The molecule has 0 aromatic heterocycles. The second kappa shape index (κ2) is 9.22. The van der Waals surface area contributed by atoms with Crippen LogP contribution in [0, 0.1) is 46.3 Å². The lowest BCUT2D eigenvalue weighted by atomic mass is 9.44. The van der Waals surface area contributed by atoms with Crippen LogP contribution in [0.1, 0.15) is 118 Å². The van der Waals surface area contributed by atoms with E-state index in [4.69, 9.17) is 4.74 Å². The molecule has 0 amide bonds. The van der Waals surface area contributed by atoms with E-state index in [9.17, 15) is 4.79 Å². The molecule has 4 saturated carbocycles. The summed E-state index contributed by atoms with van der Waals surface area (Å²) < 4.78 is 5.04. The second-order valence-corrected chi connectivity index (χ2v) is 12.6. The van der Waals surface area contributed by atoms with Crippen molar-refractivity contribution in [2.24, 2.45) is 46.3 Å². The number of carbonyl (C=O) groups excluding carboxylic acids is 1. The predicted molar refractivity (Wildman–Crippen MR) is 128 cm³/mol. The van der Waals surface area contributed by atoms with Gasteiger partial charge in [-0.3, -0.25) is 4.79 Å². The lowest BCUT2D eigenvalue weighted by Gasteiger charge is -2.61. The fourth-order valence-electron chi connectivity index (χ4n) is 9.42. The van der Waals surface area contributed by atoms with Crippen LogP contribution in [-0.4, -0.2) is 5.97 Å². The van der Waals surface area contributed by atoms with E-state index in [1.165, 1.54) is 89.5 Å². The van der Waals surface area contributed by atoms with E-state index < -0.39 is 0 Å². The molecular formula is C29H48O2. The number of hydrogen-bond acceptors (Lipinski definition) is 2. The monoisotopic (exact) mass is 428 g/mol. The van der Waals surface area contributed by atoms with Gasteiger partial charge in [0.1, 0.15) is 0 Å². The van der Waals surface area contributed by atoms with Crippen LogP contribution in [0.25, 0.3) is 0 Å². The van der Waals surface area contributed by atoms with E-state index in [0.717, 1.165) is 41.9 Å². The van der Waals surface area contributed by atoms with E-state index in [2.05, 4.69) is 27.7 Å². The average molecular weight is 429 g/mol. The zero-order chi connectivity index (χ0) is 22.2. The topological polar surface area (TPSA) is 26.3 Å². The summed E-state index contributed by atoms with van der Waals surface area (Å²) in [7, 11) is 0. The number of allylic oxidation sites excluding steroid dienone is 1. The number of fused-ring (bicyclic) bond motifs is 5. The summed E-state index contributed by atoms with van der Waals surface area (Å²) >= 11 is 0. The molecule has 2 heteroatoms. The van der Waals surface area contributed by atoms with Gasteiger partial charge in [-0.1, -0.05) is 40.0 Å². The summed E-state index contributed by atoms with van der Waals surface area (Å²) in [4.78, 5) is 11.0. The Morgan fingerprint density at radius 1 is 0.968 bits per heavy atom. The molecular weight excluding hydrogens is 380 g/mol. The van der Waals surface area contributed by atoms with Crippen LogP contribution in [0.5, 0.6) is 0 Å². The van der Waals surface area contributed by atoms with Gasteiger partial charge in [0, 0.05) is 6.92 Å². The second-order valence-electron chi connectivity index (χ2n) is 12.6. The van der Waals surface area contributed by atoms with Gasteiger partial charge in [0.25, 0.3) is 0 Å². The van der Waals surface area contributed by atoms with E-state index in [1.54, 1.807) is 6.26 Å². The molecule has 0 aromatic carbocycles. The van der Waals surface area contributed by atoms with Crippen molar-refractivity contribution in [3.05, 3.63) is 11.8 Å². The lowest BCUT2D eigenvalue weighted by molar-refractivity contribution is -0.135. The van der Waals surface area contributed by atoms with Crippen LogP contribution >= 0.6 is 0 Å². The first-order valence-corrected chi connectivity index (χ1v) is 13.6. The molecule has 4 aliphatic carbocycles. The number of hydrogen-bond donors (Lipinski definition) is 0. The molecule has 1 unspecified atom stereocenters. The molecule has 31 heavy (non-hydrogen) atoms. The third kappa shape index (κ3) is 4.39. The largest absolute Gasteiger partial charge is 0.435 e. The Morgan fingerprint density at radius 2 is 1.74 bits per heavy atom. The van der Waals surface area contributed by atoms with Crippen molar-refractivity contribution >= 4 is 5.97 Å². The number of esters is 1. The highest BCUT2D eigenvalue weighted by atomic mass is 16.5. The maximum atomic E-state index is 11.0. The summed E-state index contributed by atoms with van der Waals surface area (Å²) in [5.74, 6) is 5.57. The van der Waals surface area contributed by atoms with Crippen molar-refractivity contribution in [1.29, 1.82) is 0 Å². The molecule has 0 N–H and O–H groups in total. The van der Waals surface area contributed by atoms with Crippen LogP contribution in [0.15, 0.2) is 11.8 Å². The Balaban J connectivity index is 1.37. The van der Waals surface area contributed by atoms with Gasteiger partial charge in [-0.2, -0.15) is 0 Å². The minimum absolute atomic E-state index is 0.218. The van der Waals surface area contributed by atoms with Crippen LogP contribution in [0.4, 0.5) is 0 Å². The molecule has 0 spiro atoms. The first kappa shape index (κ1) is 23.4. The Morgan fingerprint density at radius 3 is 2.52 bits per heavy atom. The van der Waals surface area contributed by atoms with Gasteiger partial charge in [0.2, 0.25) is 0 Å². The third-order valence-corrected chi connectivity index (χ3v) is 11.0. The van der Waals surface area contributed by atoms with Crippen molar-refractivity contribution in [1.82, 2.24) is 0 Å².